The maximum atomic E-state index is 12.5. The van der Waals surface area contributed by atoms with Gasteiger partial charge in [-0.1, -0.05) is 19.3 Å². The Morgan fingerprint density at radius 3 is 2.74 bits per heavy atom. The van der Waals surface area contributed by atoms with E-state index in [0.29, 0.717) is 11.5 Å². The van der Waals surface area contributed by atoms with Crippen molar-refractivity contribution in [2.45, 2.75) is 46.0 Å². The van der Waals surface area contributed by atoms with E-state index in [-0.39, 0.29) is 12.5 Å². The van der Waals surface area contributed by atoms with Crippen LogP contribution in [0.15, 0.2) is 18.2 Å². The van der Waals surface area contributed by atoms with Crippen LogP contribution in [0.2, 0.25) is 0 Å². The molecule has 0 radical (unpaired) electrons. The van der Waals surface area contributed by atoms with E-state index in [4.69, 9.17) is 4.74 Å². The number of H-pyrrole nitrogens is 1. The number of amides is 1. The van der Waals surface area contributed by atoms with Crippen LogP contribution < -0.4 is 0 Å². The highest BCUT2D eigenvalue weighted by molar-refractivity contribution is 5.96. The summed E-state index contributed by atoms with van der Waals surface area (Å²) < 4.78 is 5.33. The van der Waals surface area contributed by atoms with Crippen molar-refractivity contribution < 1.29 is 14.3 Å². The number of aromatic amines is 1. The van der Waals surface area contributed by atoms with Gasteiger partial charge in [0, 0.05) is 29.7 Å². The number of nitrogens with zero attached hydrogens (tertiary/aromatic N) is 1. The molecule has 2 atom stereocenters. The second kappa shape index (κ2) is 7.37. The molecule has 5 heteroatoms. The molecule has 2 fully saturated rings. The normalized spacial score (nSPS) is 22.5. The van der Waals surface area contributed by atoms with E-state index >= 15 is 0 Å². The van der Waals surface area contributed by atoms with Crippen LogP contribution in [0.3, 0.4) is 0 Å². The molecule has 1 aromatic heterocycles. The van der Waals surface area contributed by atoms with Crippen molar-refractivity contribution in [2.24, 2.45) is 11.8 Å². The molecule has 1 saturated heterocycles. The molecule has 0 bridgehead atoms. The summed E-state index contributed by atoms with van der Waals surface area (Å²) in [4.78, 5) is 30.1. The Morgan fingerprint density at radius 2 is 1.93 bits per heavy atom. The number of rotatable bonds is 3. The number of nitrogens with one attached hydrogen (secondary N) is 1. The molecule has 1 amide bonds. The Hall–Kier alpha value is -2.30. The van der Waals surface area contributed by atoms with Crippen molar-refractivity contribution >= 4 is 22.8 Å². The quantitative estimate of drug-likeness (QED) is 0.834. The summed E-state index contributed by atoms with van der Waals surface area (Å²) in [7, 11) is 0. The molecule has 144 valence electrons. The Bertz CT molecular complexity index is 870. The fraction of sp³-hybridized carbons (Fsp3) is 0.545. The molecule has 1 N–H and O–H groups in total. The van der Waals surface area contributed by atoms with Crippen LogP contribution in [0, 0.1) is 25.7 Å². The Morgan fingerprint density at radius 1 is 1.15 bits per heavy atom. The number of esters is 1. The SMILES string of the molecule is Cc1[nH]c2ccc(C(=O)OCC(=O)N3CC[C@H]4CCCC[C@@H]4C3)cc2c1C. The number of piperidine rings is 1. The predicted octanol–water partition coefficient (Wildman–Crippen LogP) is 3.98. The molecule has 1 aromatic carbocycles. The Labute approximate surface area is 160 Å². The number of aryl methyl sites for hydroxylation is 2. The number of carbonyl (C=O) groups excluding carboxylic acids is 2. The molecule has 27 heavy (non-hydrogen) atoms. The number of aromatic nitrogens is 1. The molecule has 4 rings (SSSR count). The molecule has 2 aromatic rings. The molecular formula is C22H28N2O3. The summed E-state index contributed by atoms with van der Waals surface area (Å²) in [5.74, 6) is 0.915. The van der Waals surface area contributed by atoms with Gasteiger partial charge in [0.2, 0.25) is 0 Å². The fourth-order valence-electron chi connectivity index (χ4n) is 4.72. The van der Waals surface area contributed by atoms with E-state index in [1.165, 1.54) is 25.7 Å². The highest BCUT2D eigenvalue weighted by atomic mass is 16.5. The van der Waals surface area contributed by atoms with Crippen molar-refractivity contribution in [3.05, 3.63) is 35.0 Å². The topological polar surface area (TPSA) is 62.4 Å². The zero-order chi connectivity index (χ0) is 19.0. The average Bonchev–Trinajstić information content (AvgIpc) is 2.98. The highest BCUT2D eigenvalue weighted by Gasteiger charge is 2.33. The third-order valence-electron chi connectivity index (χ3n) is 6.51. The maximum Gasteiger partial charge on any atom is 0.338 e. The van der Waals surface area contributed by atoms with Crippen LogP contribution in [0.25, 0.3) is 10.9 Å². The van der Waals surface area contributed by atoms with Gasteiger partial charge in [-0.2, -0.15) is 0 Å². The van der Waals surface area contributed by atoms with E-state index in [0.717, 1.165) is 47.6 Å². The Balaban J connectivity index is 1.36. The summed E-state index contributed by atoms with van der Waals surface area (Å²) in [6, 6.07) is 5.48. The van der Waals surface area contributed by atoms with Gasteiger partial charge in [-0.3, -0.25) is 4.79 Å². The lowest BCUT2D eigenvalue weighted by Crippen LogP contribution is -2.46. The summed E-state index contributed by atoms with van der Waals surface area (Å²) in [6.07, 6.45) is 6.23. The van der Waals surface area contributed by atoms with E-state index in [9.17, 15) is 9.59 Å². The minimum absolute atomic E-state index is 0.0675. The number of fused-ring (bicyclic) bond motifs is 2. The second-order valence-electron chi connectivity index (χ2n) is 8.14. The first-order valence-corrected chi connectivity index (χ1v) is 10.1. The smallest absolute Gasteiger partial charge is 0.338 e. The monoisotopic (exact) mass is 368 g/mol. The number of likely N-dealkylation sites (tertiary alicyclic amines) is 1. The molecule has 1 aliphatic carbocycles. The fourth-order valence-corrected chi connectivity index (χ4v) is 4.72. The number of hydrogen-bond donors (Lipinski definition) is 1. The van der Waals surface area contributed by atoms with Crippen molar-refractivity contribution in [3.63, 3.8) is 0 Å². The van der Waals surface area contributed by atoms with Crippen LogP contribution in [-0.4, -0.2) is 41.5 Å². The largest absolute Gasteiger partial charge is 0.452 e. The zero-order valence-electron chi connectivity index (χ0n) is 16.2. The summed E-state index contributed by atoms with van der Waals surface area (Å²) in [5, 5.41) is 1.02. The minimum atomic E-state index is -0.434. The molecule has 1 aliphatic heterocycles. The van der Waals surface area contributed by atoms with E-state index in [1.807, 2.05) is 30.9 Å². The van der Waals surface area contributed by atoms with Crippen molar-refractivity contribution in [3.8, 4) is 0 Å². The minimum Gasteiger partial charge on any atom is -0.452 e. The second-order valence-corrected chi connectivity index (χ2v) is 8.14. The third kappa shape index (κ3) is 3.60. The first-order valence-electron chi connectivity index (χ1n) is 10.1. The summed E-state index contributed by atoms with van der Waals surface area (Å²) >= 11 is 0. The average molecular weight is 368 g/mol. The van der Waals surface area contributed by atoms with Gasteiger partial charge in [0.25, 0.3) is 5.91 Å². The van der Waals surface area contributed by atoms with Gasteiger partial charge in [0.15, 0.2) is 6.61 Å². The van der Waals surface area contributed by atoms with Crippen LogP contribution in [0.4, 0.5) is 0 Å². The lowest BCUT2D eigenvalue weighted by molar-refractivity contribution is -0.137. The van der Waals surface area contributed by atoms with Gasteiger partial charge in [-0.15, -0.1) is 0 Å². The lowest BCUT2D eigenvalue weighted by atomic mass is 9.75. The zero-order valence-corrected chi connectivity index (χ0v) is 16.2. The number of carbonyl (C=O) groups is 2. The van der Waals surface area contributed by atoms with Gasteiger partial charge in [0.1, 0.15) is 0 Å². The van der Waals surface area contributed by atoms with E-state index in [1.54, 1.807) is 6.07 Å². The maximum absolute atomic E-state index is 12.5. The molecule has 2 aliphatic rings. The first-order chi connectivity index (χ1) is 13.0. The van der Waals surface area contributed by atoms with Crippen molar-refractivity contribution in [1.29, 1.82) is 0 Å². The molecule has 2 heterocycles. The summed E-state index contributed by atoms with van der Waals surface area (Å²) in [6.45, 7) is 5.50. The van der Waals surface area contributed by atoms with Crippen molar-refractivity contribution in [1.82, 2.24) is 9.88 Å². The standard InChI is InChI=1S/C22H28N2O3/c1-14-15(2)23-20-8-7-17(11-19(14)20)22(26)27-13-21(25)24-10-9-16-5-3-4-6-18(16)12-24/h7-8,11,16,18,23H,3-6,9-10,12-13H2,1-2H3/t16-,18-/m1/s1. The van der Waals surface area contributed by atoms with Crippen LogP contribution in [0.5, 0.6) is 0 Å². The van der Waals surface area contributed by atoms with Crippen LogP contribution >= 0.6 is 0 Å². The van der Waals surface area contributed by atoms with Crippen LogP contribution in [-0.2, 0) is 9.53 Å². The molecule has 5 nitrogen and oxygen atoms in total. The van der Waals surface area contributed by atoms with Crippen molar-refractivity contribution in [2.75, 3.05) is 19.7 Å². The molecular weight excluding hydrogens is 340 g/mol. The third-order valence-corrected chi connectivity index (χ3v) is 6.51. The molecule has 1 saturated carbocycles. The van der Waals surface area contributed by atoms with E-state index < -0.39 is 5.97 Å². The molecule has 0 unspecified atom stereocenters. The van der Waals surface area contributed by atoms with E-state index in [2.05, 4.69) is 4.98 Å². The van der Waals surface area contributed by atoms with Gasteiger partial charge in [-0.05, 0) is 62.3 Å². The lowest BCUT2D eigenvalue weighted by Gasteiger charge is -2.41. The highest BCUT2D eigenvalue weighted by Crippen LogP contribution is 2.36. The van der Waals surface area contributed by atoms with Gasteiger partial charge in [0.05, 0.1) is 5.56 Å². The first kappa shape index (κ1) is 18.1. The number of benzene rings is 1. The van der Waals surface area contributed by atoms with Crippen LogP contribution in [0.1, 0.15) is 53.7 Å². The number of hydrogen-bond acceptors (Lipinski definition) is 3. The summed E-state index contributed by atoms with van der Waals surface area (Å²) in [5.41, 5.74) is 3.72. The van der Waals surface area contributed by atoms with Gasteiger partial charge < -0.3 is 14.6 Å². The van der Waals surface area contributed by atoms with Gasteiger partial charge >= 0.3 is 5.97 Å². The Kier molecular flexibility index (Phi) is 4.94. The molecule has 0 spiro atoms. The predicted molar refractivity (Wildman–Crippen MR) is 105 cm³/mol. The number of ether oxygens (including phenoxy) is 1. The van der Waals surface area contributed by atoms with Gasteiger partial charge in [-0.25, -0.2) is 4.79 Å².